The fraction of sp³-hybridized carbons (Fsp3) is 0.0909. The van der Waals surface area contributed by atoms with E-state index in [0.29, 0.717) is 21.8 Å². The zero-order valence-corrected chi connectivity index (χ0v) is 17.6. The third-order valence-corrected chi connectivity index (χ3v) is 5.39. The Morgan fingerprint density at radius 2 is 1.61 bits per heavy atom. The van der Waals surface area contributed by atoms with E-state index in [2.05, 4.69) is 5.32 Å². The van der Waals surface area contributed by atoms with Gasteiger partial charge < -0.3 is 10.2 Å². The Hall–Kier alpha value is -4.31. The van der Waals surface area contributed by atoms with Crippen molar-refractivity contribution in [1.29, 1.82) is 0 Å². The maximum atomic E-state index is 13.6. The minimum atomic E-state index is -0.817. The van der Waals surface area contributed by atoms with Crippen molar-refractivity contribution in [3.63, 3.8) is 0 Å². The molecule has 2 amide bonds. The van der Waals surface area contributed by atoms with Gasteiger partial charge in [0.2, 0.25) is 5.91 Å². The average molecular weight is 467 g/mol. The number of nitrogens with one attached hydrogen (secondary N) is 1. The number of amides is 2. The summed E-state index contributed by atoms with van der Waals surface area (Å²) in [5.41, 5.74) is 0.158. The highest BCUT2D eigenvalue weighted by atomic mass is 35.5. The van der Waals surface area contributed by atoms with Gasteiger partial charge in [-0.05, 0) is 23.8 Å². The van der Waals surface area contributed by atoms with Crippen LogP contribution in [-0.2, 0) is 4.79 Å². The van der Waals surface area contributed by atoms with Crippen molar-refractivity contribution in [1.82, 2.24) is 4.90 Å². The summed E-state index contributed by atoms with van der Waals surface area (Å²) in [5.74, 6) is -1.27. The minimum absolute atomic E-state index is 0.282. The Kier molecular flexibility index (Phi) is 5.76. The van der Waals surface area contributed by atoms with Crippen LogP contribution >= 0.6 is 11.6 Å². The van der Waals surface area contributed by atoms with E-state index in [9.17, 15) is 29.8 Å². The molecule has 11 heteroatoms. The van der Waals surface area contributed by atoms with Gasteiger partial charge in [0.15, 0.2) is 0 Å². The second kappa shape index (κ2) is 8.67. The zero-order chi connectivity index (χ0) is 23.7. The van der Waals surface area contributed by atoms with E-state index in [0.717, 1.165) is 18.2 Å². The summed E-state index contributed by atoms with van der Waals surface area (Å²) in [6.07, 6.45) is 0. The van der Waals surface area contributed by atoms with Crippen LogP contribution in [0.1, 0.15) is 27.5 Å². The summed E-state index contributed by atoms with van der Waals surface area (Å²) in [6.45, 7) is -0.388. The molecule has 0 saturated heterocycles. The van der Waals surface area contributed by atoms with Gasteiger partial charge in [0.05, 0.1) is 27.5 Å². The van der Waals surface area contributed by atoms with Gasteiger partial charge in [0.1, 0.15) is 6.54 Å². The lowest BCUT2D eigenvalue weighted by atomic mass is 9.95. The number of nitro benzene ring substituents is 2. The molecule has 0 radical (unpaired) electrons. The Morgan fingerprint density at radius 1 is 0.970 bits per heavy atom. The smallest absolute Gasteiger partial charge is 0.277 e. The second-order valence-corrected chi connectivity index (χ2v) is 7.71. The van der Waals surface area contributed by atoms with Gasteiger partial charge in [-0.3, -0.25) is 29.8 Å². The molecule has 10 nitrogen and oxygen atoms in total. The molecule has 1 unspecified atom stereocenters. The van der Waals surface area contributed by atoms with E-state index in [-0.39, 0.29) is 12.1 Å². The van der Waals surface area contributed by atoms with E-state index < -0.39 is 39.1 Å². The number of halogens is 1. The monoisotopic (exact) mass is 466 g/mol. The van der Waals surface area contributed by atoms with Crippen LogP contribution in [-0.4, -0.2) is 33.1 Å². The Labute approximate surface area is 191 Å². The molecule has 0 aliphatic carbocycles. The maximum absolute atomic E-state index is 13.6. The van der Waals surface area contributed by atoms with Crippen LogP contribution in [0.3, 0.4) is 0 Å². The van der Waals surface area contributed by atoms with Crippen molar-refractivity contribution in [2.75, 3.05) is 11.9 Å². The van der Waals surface area contributed by atoms with Gasteiger partial charge in [-0.25, -0.2) is 0 Å². The standard InChI is InChI=1S/C22H15ClN4O6/c23-15-6-7-19-18(10-15)21(13-4-2-1-3-5-13)25(12-20(28)24-19)22(29)14-8-16(26(30)31)11-17(9-14)27(32)33/h1-11,21H,12H2,(H,24,28). The number of carbonyl (C=O) groups excluding carboxylic acids is 2. The fourth-order valence-electron chi connectivity index (χ4n) is 3.76. The fourth-order valence-corrected chi connectivity index (χ4v) is 3.94. The van der Waals surface area contributed by atoms with Crippen LogP contribution in [0.4, 0.5) is 17.1 Å². The topological polar surface area (TPSA) is 136 Å². The van der Waals surface area contributed by atoms with Crippen LogP contribution in [0, 0.1) is 20.2 Å². The molecule has 0 bridgehead atoms. The minimum Gasteiger partial charge on any atom is -0.324 e. The summed E-state index contributed by atoms with van der Waals surface area (Å²) < 4.78 is 0. The Morgan fingerprint density at radius 3 is 2.21 bits per heavy atom. The molecule has 1 atom stereocenters. The lowest BCUT2D eigenvalue weighted by Gasteiger charge is -2.30. The molecule has 1 heterocycles. The molecule has 0 spiro atoms. The summed E-state index contributed by atoms with van der Waals surface area (Å²) in [6, 6.07) is 15.6. The number of fused-ring (bicyclic) bond motifs is 1. The molecular weight excluding hydrogens is 452 g/mol. The predicted molar refractivity (Wildman–Crippen MR) is 119 cm³/mol. The van der Waals surface area contributed by atoms with E-state index >= 15 is 0 Å². The first-order chi connectivity index (χ1) is 15.7. The third-order valence-electron chi connectivity index (χ3n) is 5.16. The number of nitrogens with zero attached hydrogens (tertiary/aromatic N) is 3. The summed E-state index contributed by atoms with van der Waals surface area (Å²) >= 11 is 6.21. The van der Waals surface area contributed by atoms with Crippen molar-refractivity contribution in [2.45, 2.75) is 6.04 Å². The zero-order valence-electron chi connectivity index (χ0n) is 16.8. The van der Waals surface area contributed by atoms with Crippen molar-refractivity contribution in [2.24, 2.45) is 0 Å². The van der Waals surface area contributed by atoms with Crippen molar-refractivity contribution < 1.29 is 19.4 Å². The molecule has 166 valence electrons. The van der Waals surface area contributed by atoms with Crippen molar-refractivity contribution >= 4 is 40.5 Å². The predicted octanol–water partition coefficient (Wildman–Crippen LogP) is 4.34. The normalized spacial score (nSPS) is 15.2. The van der Waals surface area contributed by atoms with Crippen LogP contribution < -0.4 is 5.32 Å². The van der Waals surface area contributed by atoms with E-state index in [1.165, 1.54) is 4.90 Å². The van der Waals surface area contributed by atoms with Gasteiger partial charge in [-0.1, -0.05) is 41.9 Å². The second-order valence-electron chi connectivity index (χ2n) is 7.28. The SMILES string of the molecule is O=C1CN(C(=O)c2cc([N+](=O)[O-])cc([N+](=O)[O-])c2)C(c2ccccc2)c2cc(Cl)ccc2N1. The maximum Gasteiger partial charge on any atom is 0.277 e. The molecule has 3 aromatic rings. The number of benzene rings is 3. The van der Waals surface area contributed by atoms with E-state index in [1.807, 2.05) is 0 Å². The number of nitro groups is 2. The van der Waals surface area contributed by atoms with Crippen molar-refractivity contribution in [3.05, 3.63) is 109 Å². The molecule has 0 fully saturated rings. The number of anilines is 1. The number of non-ortho nitro benzene ring substituents is 2. The van der Waals surface area contributed by atoms with Crippen LogP contribution in [0.2, 0.25) is 5.02 Å². The van der Waals surface area contributed by atoms with Crippen molar-refractivity contribution in [3.8, 4) is 0 Å². The lowest BCUT2D eigenvalue weighted by molar-refractivity contribution is -0.394. The quantitative estimate of drug-likeness (QED) is 0.448. The highest BCUT2D eigenvalue weighted by Crippen LogP contribution is 2.38. The Bertz CT molecular complexity index is 1270. The van der Waals surface area contributed by atoms with Crippen LogP contribution in [0.5, 0.6) is 0 Å². The molecule has 1 N–H and O–H groups in total. The first kappa shape index (κ1) is 21.9. The third kappa shape index (κ3) is 4.37. The number of rotatable bonds is 4. The highest BCUT2D eigenvalue weighted by Gasteiger charge is 2.35. The molecule has 0 aromatic heterocycles. The summed E-state index contributed by atoms with van der Waals surface area (Å²) in [7, 11) is 0. The van der Waals surface area contributed by atoms with Gasteiger partial charge in [-0.2, -0.15) is 0 Å². The molecule has 0 saturated carbocycles. The molecular formula is C22H15ClN4O6. The van der Waals surface area contributed by atoms with Gasteiger partial charge >= 0.3 is 0 Å². The van der Waals surface area contributed by atoms with E-state index in [1.54, 1.807) is 48.5 Å². The number of hydrogen-bond donors (Lipinski definition) is 1. The van der Waals surface area contributed by atoms with Crippen LogP contribution in [0.25, 0.3) is 0 Å². The summed E-state index contributed by atoms with van der Waals surface area (Å²) in [5, 5.41) is 25.7. The Balaban J connectivity index is 1.91. The molecule has 1 aliphatic rings. The lowest BCUT2D eigenvalue weighted by Crippen LogP contribution is -2.39. The average Bonchev–Trinajstić information content (AvgIpc) is 2.94. The van der Waals surface area contributed by atoms with Gasteiger partial charge in [-0.15, -0.1) is 0 Å². The van der Waals surface area contributed by atoms with Crippen LogP contribution in [0.15, 0.2) is 66.7 Å². The largest absolute Gasteiger partial charge is 0.324 e. The van der Waals surface area contributed by atoms with Gasteiger partial charge in [0, 0.05) is 28.4 Å². The molecule has 4 rings (SSSR count). The highest BCUT2D eigenvalue weighted by molar-refractivity contribution is 6.30. The first-order valence-corrected chi connectivity index (χ1v) is 10.0. The molecule has 33 heavy (non-hydrogen) atoms. The molecule has 1 aliphatic heterocycles. The summed E-state index contributed by atoms with van der Waals surface area (Å²) in [4.78, 5) is 48.4. The molecule has 3 aromatic carbocycles. The first-order valence-electron chi connectivity index (χ1n) is 9.63. The number of hydrogen-bond acceptors (Lipinski definition) is 6. The number of carbonyl (C=O) groups is 2. The van der Waals surface area contributed by atoms with E-state index in [4.69, 9.17) is 11.6 Å². The van der Waals surface area contributed by atoms with Gasteiger partial charge in [0.25, 0.3) is 17.3 Å².